The molecule has 9 N–H and O–H groups in total. The van der Waals surface area contributed by atoms with Crippen molar-refractivity contribution in [3.63, 3.8) is 0 Å². The van der Waals surface area contributed by atoms with Crippen LogP contribution in [0.15, 0.2) is 4.99 Å². The molecule has 272 valence electrons. The standard InChI is InChI=1S/C27H44N10O9.CO2/c1-17(21(40)13-18(3-2-6-33-26(28)29)23(43)32-8-5-22(41)42)35-9-11-36(12-10-35)25(45)20(14-31-16-39)37-24(44)19(34-27(37)46)4-7-30-15-38;2-1-3/h15-20H,2-14H2,1H3,(H,30,38)(H,31,39)(H,32,43)(H,34,46)(H,41,42)(H4,28,29,33);/t17-,18-,19-,20-;/m0./s1. The number of carbonyl (C=O) groups excluding carboxylic acids is 9. The Morgan fingerprint density at radius 1 is 1.06 bits per heavy atom. The molecule has 4 atom stereocenters. The molecule has 0 unspecified atom stereocenters. The maximum absolute atomic E-state index is 13.5. The van der Waals surface area contributed by atoms with E-state index in [-0.39, 0.29) is 89.5 Å². The number of amides is 7. The number of urea groups is 1. The Hall–Kier alpha value is -5.43. The topological polar surface area (TPSA) is 313 Å². The predicted molar refractivity (Wildman–Crippen MR) is 167 cm³/mol. The number of piperazine rings is 1. The minimum absolute atomic E-state index is 0.0790. The van der Waals surface area contributed by atoms with Crippen molar-refractivity contribution < 1.29 is 53.1 Å². The zero-order chi connectivity index (χ0) is 36.9. The van der Waals surface area contributed by atoms with Crippen molar-refractivity contribution in [2.75, 3.05) is 52.4 Å². The van der Waals surface area contributed by atoms with E-state index < -0.39 is 53.8 Å². The van der Waals surface area contributed by atoms with Crippen molar-refractivity contribution >= 4 is 60.4 Å². The van der Waals surface area contributed by atoms with Gasteiger partial charge in [0.2, 0.25) is 24.6 Å². The number of Topliss-reactive ketones (excluding diaryl/α,β-unsaturated/α-hetero) is 1. The van der Waals surface area contributed by atoms with Gasteiger partial charge in [0.05, 0.1) is 12.5 Å². The van der Waals surface area contributed by atoms with E-state index in [1.807, 2.05) is 4.90 Å². The fraction of sp³-hybridized carbons (Fsp3) is 0.643. The van der Waals surface area contributed by atoms with E-state index in [4.69, 9.17) is 26.2 Å². The van der Waals surface area contributed by atoms with Gasteiger partial charge in [0.1, 0.15) is 17.9 Å². The molecule has 0 aromatic heterocycles. The van der Waals surface area contributed by atoms with Crippen LogP contribution in [0.3, 0.4) is 0 Å². The zero-order valence-electron chi connectivity index (χ0n) is 27.1. The Kier molecular flexibility index (Phi) is 18.8. The van der Waals surface area contributed by atoms with Crippen molar-refractivity contribution in [3.8, 4) is 0 Å². The molecule has 0 aromatic rings. The number of carbonyl (C=O) groups is 8. The van der Waals surface area contributed by atoms with Crippen molar-refractivity contribution in [3.05, 3.63) is 0 Å². The van der Waals surface area contributed by atoms with Gasteiger partial charge < -0.3 is 42.7 Å². The fourth-order valence-electron chi connectivity index (χ4n) is 5.24. The van der Waals surface area contributed by atoms with Crippen LogP contribution in [0, 0.1) is 5.92 Å². The van der Waals surface area contributed by atoms with Crippen LogP contribution < -0.4 is 32.7 Å². The number of ketones is 1. The first kappa shape index (κ1) is 41.6. The van der Waals surface area contributed by atoms with Gasteiger partial charge in [-0.15, -0.1) is 0 Å². The van der Waals surface area contributed by atoms with Gasteiger partial charge in [0.15, 0.2) is 5.96 Å². The lowest BCUT2D eigenvalue weighted by Gasteiger charge is -2.39. The molecular formula is C28H44N10O11. The first-order valence-electron chi connectivity index (χ1n) is 15.4. The number of guanidine groups is 1. The normalized spacial score (nSPS) is 17.5. The van der Waals surface area contributed by atoms with Crippen LogP contribution in [-0.4, -0.2) is 151 Å². The van der Waals surface area contributed by atoms with Crippen LogP contribution in [-0.2, 0) is 43.2 Å². The van der Waals surface area contributed by atoms with E-state index in [2.05, 4.69) is 26.3 Å². The van der Waals surface area contributed by atoms with Gasteiger partial charge >= 0.3 is 18.2 Å². The van der Waals surface area contributed by atoms with E-state index in [0.29, 0.717) is 25.7 Å². The maximum Gasteiger partial charge on any atom is 0.373 e. The third-order valence-corrected chi connectivity index (χ3v) is 7.81. The molecule has 49 heavy (non-hydrogen) atoms. The molecule has 2 fully saturated rings. The Labute approximate surface area is 281 Å². The highest BCUT2D eigenvalue weighted by Gasteiger charge is 2.45. The number of aliphatic imine (C=N–C) groups is 1. The highest BCUT2D eigenvalue weighted by Crippen LogP contribution is 2.19. The Morgan fingerprint density at radius 3 is 2.27 bits per heavy atom. The van der Waals surface area contributed by atoms with Crippen LogP contribution in [0.25, 0.3) is 0 Å². The van der Waals surface area contributed by atoms with Crippen molar-refractivity contribution in [2.24, 2.45) is 22.4 Å². The van der Waals surface area contributed by atoms with E-state index in [1.54, 1.807) is 6.92 Å². The summed E-state index contributed by atoms with van der Waals surface area (Å²) in [6, 6.07) is -3.63. The van der Waals surface area contributed by atoms with Crippen LogP contribution in [0.5, 0.6) is 0 Å². The monoisotopic (exact) mass is 696 g/mol. The van der Waals surface area contributed by atoms with Crippen LogP contribution >= 0.6 is 0 Å². The van der Waals surface area contributed by atoms with Gasteiger partial charge in [0, 0.05) is 64.7 Å². The average Bonchev–Trinajstić information content (AvgIpc) is 3.34. The first-order chi connectivity index (χ1) is 23.3. The largest absolute Gasteiger partial charge is 0.481 e. The Bertz CT molecular complexity index is 1250. The summed E-state index contributed by atoms with van der Waals surface area (Å²) >= 11 is 0. The minimum Gasteiger partial charge on any atom is -0.481 e. The molecule has 0 bridgehead atoms. The molecule has 21 heteroatoms. The number of nitrogens with zero attached hydrogens (tertiary/aromatic N) is 4. The van der Waals surface area contributed by atoms with Gasteiger partial charge in [-0.05, 0) is 26.2 Å². The van der Waals surface area contributed by atoms with Crippen molar-refractivity contribution in [1.29, 1.82) is 0 Å². The summed E-state index contributed by atoms with van der Waals surface area (Å²) in [6.07, 6.45) is 1.54. The quantitative estimate of drug-likeness (QED) is 0.0195. The van der Waals surface area contributed by atoms with Gasteiger partial charge in [-0.25, -0.2) is 9.69 Å². The van der Waals surface area contributed by atoms with Gasteiger partial charge in [-0.1, -0.05) is 0 Å². The zero-order valence-corrected chi connectivity index (χ0v) is 27.1. The molecule has 0 aromatic carbocycles. The second kappa shape index (κ2) is 22.2. The van der Waals surface area contributed by atoms with E-state index in [0.717, 1.165) is 4.90 Å². The van der Waals surface area contributed by atoms with E-state index in [1.165, 1.54) is 4.90 Å². The van der Waals surface area contributed by atoms with Crippen LogP contribution in [0.1, 0.15) is 39.0 Å². The summed E-state index contributed by atoms with van der Waals surface area (Å²) in [4.78, 5) is 122. The number of rotatable bonds is 21. The number of hydrogen-bond donors (Lipinski definition) is 7. The summed E-state index contributed by atoms with van der Waals surface area (Å²) in [6.45, 7) is 2.62. The van der Waals surface area contributed by atoms with E-state index >= 15 is 0 Å². The smallest absolute Gasteiger partial charge is 0.373 e. The molecule has 2 aliphatic rings. The number of nitrogens with one attached hydrogen (secondary N) is 4. The first-order valence-corrected chi connectivity index (χ1v) is 15.4. The maximum atomic E-state index is 13.5. The average molecular weight is 697 g/mol. The number of aliphatic carboxylic acids is 1. The number of nitrogens with two attached hydrogens (primary N) is 2. The van der Waals surface area contributed by atoms with Gasteiger partial charge in [-0.3, -0.25) is 43.5 Å². The molecule has 0 aliphatic carbocycles. The second-order valence-corrected chi connectivity index (χ2v) is 11.0. The molecule has 0 spiro atoms. The lowest BCUT2D eigenvalue weighted by atomic mass is 9.93. The molecular weight excluding hydrogens is 652 g/mol. The van der Waals surface area contributed by atoms with E-state index in [9.17, 15) is 38.4 Å². The lowest BCUT2D eigenvalue weighted by Crippen LogP contribution is -2.60. The molecule has 0 saturated carbocycles. The molecule has 7 amide bonds. The third-order valence-electron chi connectivity index (χ3n) is 7.81. The van der Waals surface area contributed by atoms with Crippen molar-refractivity contribution in [1.82, 2.24) is 36.0 Å². The molecule has 21 nitrogen and oxygen atoms in total. The summed E-state index contributed by atoms with van der Waals surface area (Å²) in [5, 5.41) is 18.7. The number of carboxylic acid groups (broad SMARTS) is 1. The minimum atomic E-state index is -1.30. The van der Waals surface area contributed by atoms with Crippen molar-refractivity contribution in [2.45, 2.75) is 57.2 Å². The highest BCUT2D eigenvalue weighted by molar-refractivity contribution is 6.07. The third kappa shape index (κ3) is 14.1. The predicted octanol–water partition coefficient (Wildman–Crippen LogP) is -4.67. The van der Waals surface area contributed by atoms with Gasteiger partial charge in [0.25, 0.3) is 5.91 Å². The Balaban J connectivity index is 0.00000385. The fourth-order valence-corrected chi connectivity index (χ4v) is 5.24. The van der Waals surface area contributed by atoms with Crippen LogP contribution in [0.4, 0.5) is 4.79 Å². The number of carboxylic acids is 1. The number of hydrogen-bond acceptors (Lipinski definition) is 12. The summed E-state index contributed by atoms with van der Waals surface area (Å²) in [7, 11) is 0. The SMILES string of the molecule is C[C@@H](C(=O)C[C@H](CCCN=C(N)N)C(=O)NCCC(=O)O)N1CCN(C(=O)[C@H](CNC=O)N2C(=O)N[C@@H](CCNC=O)C2=O)CC1.O=C=O. The summed E-state index contributed by atoms with van der Waals surface area (Å²) in [5.74, 6) is -3.76. The second-order valence-electron chi connectivity index (χ2n) is 11.0. The van der Waals surface area contributed by atoms with Gasteiger partial charge in [-0.2, -0.15) is 9.59 Å². The summed E-state index contributed by atoms with van der Waals surface area (Å²) < 4.78 is 0. The van der Waals surface area contributed by atoms with Crippen LogP contribution in [0.2, 0.25) is 0 Å². The molecule has 2 aliphatic heterocycles. The molecule has 2 heterocycles. The summed E-state index contributed by atoms with van der Waals surface area (Å²) in [5.41, 5.74) is 10.7. The Morgan fingerprint density at radius 2 is 1.69 bits per heavy atom. The number of imide groups is 1. The lowest BCUT2D eigenvalue weighted by molar-refractivity contribution is -0.191. The molecule has 2 rings (SSSR count). The molecule has 0 radical (unpaired) electrons. The molecule has 2 saturated heterocycles. The highest BCUT2D eigenvalue weighted by atomic mass is 16.4.